The molecule has 0 saturated carbocycles. The van der Waals surface area contributed by atoms with E-state index < -0.39 is 0 Å². The lowest BCUT2D eigenvalue weighted by Gasteiger charge is -2.14. The predicted octanol–water partition coefficient (Wildman–Crippen LogP) is 2.17. The average molecular weight is 242 g/mol. The normalized spacial score (nSPS) is 14.8. The van der Waals surface area contributed by atoms with Crippen molar-refractivity contribution in [2.24, 2.45) is 0 Å². The van der Waals surface area contributed by atoms with Gasteiger partial charge in [0.1, 0.15) is 0 Å². The molecule has 1 aliphatic rings. The van der Waals surface area contributed by atoms with Crippen LogP contribution in [-0.2, 0) is 13.0 Å². The molecule has 18 heavy (non-hydrogen) atoms. The van der Waals surface area contributed by atoms with Crippen LogP contribution in [0.2, 0.25) is 0 Å². The van der Waals surface area contributed by atoms with E-state index in [0.717, 1.165) is 25.2 Å². The highest BCUT2D eigenvalue weighted by Gasteiger charge is 2.23. The van der Waals surface area contributed by atoms with Crippen molar-refractivity contribution in [2.45, 2.75) is 32.9 Å². The zero-order valence-corrected chi connectivity index (χ0v) is 10.8. The zero-order chi connectivity index (χ0) is 12.5. The van der Waals surface area contributed by atoms with Crippen molar-refractivity contribution in [3.8, 4) is 11.4 Å². The minimum absolute atomic E-state index is 0.354. The number of nitrogens with one attached hydrogen (secondary N) is 1. The van der Waals surface area contributed by atoms with Crippen molar-refractivity contribution in [3.05, 3.63) is 35.7 Å². The molecule has 0 fully saturated rings. The average Bonchev–Trinajstić information content (AvgIpc) is 2.79. The number of hydrogen-bond donors (Lipinski definition) is 1. The van der Waals surface area contributed by atoms with Gasteiger partial charge in [0.05, 0.1) is 17.1 Å². The Morgan fingerprint density at radius 3 is 2.94 bits per heavy atom. The smallest absolute Gasteiger partial charge is 0.0917 e. The number of fused-ring (bicyclic) bond motifs is 1. The molecular weight excluding hydrogens is 224 g/mol. The molecule has 4 heteroatoms. The van der Waals surface area contributed by atoms with E-state index in [1.54, 1.807) is 0 Å². The van der Waals surface area contributed by atoms with Gasteiger partial charge in [-0.3, -0.25) is 9.67 Å². The van der Waals surface area contributed by atoms with E-state index in [2.05, 4.69) is 34.9 Å². The van der Waals surface area contributed by atoms with Crippen LogP contribution in [0.5, 0.6) is 0 Å². The van der Waals surface area contributed by atoms with E-state index in [1.807, 2.05) is 18.3 Å². The fourth-order valence-electron chi connectivity index (χ4n) is 2.47. The maximum atomic E-state index is 4.76. The van der Waals surface area contributed by atoms with E-state index in [0.29, 0.717) is 6.04 Å². The van der Waals surface area contributed by atoms with E-state index in [4.69, 9.17) is 5.10 Å². The summed E-state index contributed by atoms with van der Waals surface area (Å²) < 4.78 is 2.11. The van der Waals surface area contributed by atoms with Gasteiger partial charge in [-0.1, -0.05) is 6.07 Å². The van der Waals surface area contributed by atoms with Gasteiger partial charge in [-0.15, -0.1) is 0 Å². The summed E-state index contributed by atoms with van der Waals surface area (Å²) in [7, 11) is 0. The second-order valence-corrected chi connectivity index (χ2v) is 4.95. The molecule has 0 atom stereocenters. The molecule has 0 unspecified atom stereocenters. The van der Waals surface area contributed by atoms with Crippen LogP contribution in [0.25, 0.3) is 11.4 Å². The van der Waals surface area contributed by atoms with Gasteiger partial charge in [0.2, 0.25) is 0 Å². The van der Waals surface area contributed by atoms with Crippen LogP contribution >= 0.6 is 0 Å². The summed E-state index contributed by atoms with van der Waals surface area (Å²) in [5.41, 5.74) is 4.73. The molecular formula is C14H18N4. The summed E-state index contributed by atoms with van der Waals surface area (Å²) in [5, 5.41) is 8.19. The number of rotatable bonds is 2. The number of nitrogens with zero attached hydrogens (tertiary/aromatic N) is 3. The van der Waals surface area contributed by atoms with Crippen molar-refractivity contribution in [1.29, 1.82) is 0 Å². The van der Waals surface area contributed by atoms with Crippen LogP contribution in [0.3, 0.4) is 0 Å². The molecule has 3 rings (SSSR count). The van der Waals surface area contributed by atoms with Crippen LogP contribution < -0.4 is 5.32 Å². The Balaban J connectivity index is 2.19. The highest BCUT2D eigenvalue weighted by Crippen LogP contribution is 2.29. The topological polar surface area (TPSA) is 42.7 Å². The van der Waals surface area contributed by atoms with Gasteiger partial charge in [-0.25, -0.2) is 0 Å². The second-order valence-electron chi connectivity index (χ2n) is 4.95. The summed E-state index contributed by atoms with van der Waals surface area (Å²) in [6.45, 7) is 6.24. The minimum Gasteiger partial charge on any atom is -0.312 e. The highest BCUT2D eigenvalue weighted by atomic mass is 15.3. The van der Waals surface area contributed by atoms with Gasteiger partial charge in [0, 0.05) is 37.3 Å². The summed E-state index contributed by atoms with van der Waals surface area (Å²) in [6, 6.07) is 6.39. The van der Waals surface area contributed by atoms with Gasteiger partial charge in [0.15, 0.2) is 0 Å². The molecule has 0 aromatic carbocycles. The van der Waals surface area contributed by atoms with E-state index >= 15 is 0 Å². The first-order chi connectivity index (χ1) is 8.77. The maximum absolute atomic E-state index is 4.76. The van der Waals surface area contributed by atoms with Gasteiger partial charge in [0.25, 0.3) is 0 Å². The Hall–Kier alpha value is -1.68. The van der Waals surface area contributed by atoms with Crippen LogP contribution in [0.4, 0.5) is 0 Å². The molecule has 1 N–H and O–H groups in total. The van der Waals surface area contributed by atoms with Crippen molar-refractivity contribution in [2.75, 3.05) is 6.54 Å². The first-order valence-corrected chi connectivity index (χ1v) is 6.49. The summed E-state index contributed by atoms with van der Waals surface area (Å²) >= 11 is 0. The van der Waals surface area contributed by atoms with Gasteiger partial charge < -0.3 is 5.32 Å². The van der Waals surface area contributed by atoms with Gasteiger partial charge >= 0.3 is 0 Å². The second kappa shape index (κ2) is 4.53. The SMILES string of the molecule is CC(C)n1nc2c(c1-c1ccccn1)CNCC2. The third kappa shape index (κ3) is 1.82. The molecule has 0 amide bonds. The maximum Gasteiger partial charge on any atom is 0.0917 e. The summed E-state index contributed by atoms with van der Waals surface area (Å²) in [5.74, 6) is 0. The minimum atomic E-state index is 0.354. The first kappa shape index (κ1) is 11.4. The highest BCUT2D eigenvalue weighted by molar-refractivity contribution is 5.61. The Kier molecular flexibility index (Phi) is 2.88. The molecule has 0 radical (unpaired) electrons. The third-order valence-corrected chi connectivity index (χ3v) is 3.33. The fourth-order valence-corrected chi connectivity index (χ4v) is 2.47. The van der Waals surface area contributed by atoms with Crippen molar-refractivity contribution in [1.82, 2.24) is 20.1 Å². The number of aromatic nitrogens is 3. The largest absolute Gasteiger partial charge is 0.312 e. The lowest BCUT2D eigenvalue weighted by atomic mass is 10.0. The van der Waals surface area contributed by atoms with Crippen molar-refractivity contribution in [3.63, 3.8) is 0 Å². The molecule has 2 aromatic rings. The number of pyridine rings is 1. The van der Waals surface area contributed by atoms with Gasteiger partial charge in [-0.05, 0) is 26.0 Å². The molecule has 0 spiro atoms. The third-order valence-electron chi connectivity index (χ3n) is 3.33. The van der Waals surface area contributed by atoms with Crippen molar-refractivity contribution >= 4 is 0 Å². The Morgan fingerprint density at radius 2 is 2.22 bits per heavy atom. The fraction of sp³-hybridized carbons (Fsp3) is 0.429. The molecule has 0 aliphatic carbocycles. The monoisotopic (exact) mass is 242 g/mol. The number of hydrogen-bond acceptors (Lipinski definition) is 3. The van der Waals surface area contributed by atoms with Crippen molar-refractivity contribution < 1.29 is 0 Å². The van der Waals surface area contributed by atoms with Crippen LogP contribution in [0.1, 0.15) is 31.1 Å². The molecule has 0 saturated heterocycles. The predicted molar refractivity (Wildman–Crippen MR) is 71.3 cm³/mol. The van der Waals surface area contributed by atoms with E-state index in [9.17, 15) is 0 Å². The Morgan fingerprint density at radius 1 is 1.33 bits per heavy atom. The molecule has 1 aliphatic heterocycles. The lowest BCUT2D eigenvalue weighted by Crippen LogP contribution is -2.23. The molecule has 3 heterocycles. The van der Waals surface area contributed by atoms with Crippen LogP contribution in [-0.4, -0.2) is 21.3 Å². The van der Waals surface area contributed by atoms with E-state index in [-0.39, 0.29) is 0 Å². The van der Waals surface area contributed by atoms with Crippen LogP contribution in [0.15, 0.2) is 24.4 Å². The Labute approximate surface area is 107 Å². The standard InChI is InChI=1S/C14H18N4/c1-10(2)18-14(13-5-3-4-7-16-13)11-9-15-8-6-12(11)17-18/h3-5,7,10,15H,6,8-9H2,1-2H3. The van der Waals surface area contributed by atoms with Crippen LogP contribution in [0, 0.1) is 0 Å². The molecule has 2 aromatic heterocycles. The lowest BCUT2D eigenvalue weighted by molar-refractivity contribution is 0.530. The first-order valence-electron chi connectivity index (χ1n) is 6.49. The molecule has 94 valence electrons. The quantitative estimate of drug-likeness (QED) is 0.877. The van der Waals surface area contributed by atoms with Gasteiger partial charge in [-0.2, -0.15) is 5.10 Å². The van der Waals surface area contributed by atoms with E-state index in [1.165, 1.54) is 17.0 Å². The Bertz CT molecular complexity index is 542. The molecule has 0 bridgehead atoms. The zero-order valence-electron chi connectivity index (χ0n) is 10.8. The summed E-state index contributed by atoms with van der Waals surface area (Å²) in [6.07, 6.45) is 2.85. The summed E-state index contributed by atoms with van der Waals surface area (Å²) in [4.78, 5) is 4.48. The molecule has 4 nitrogen and oxygen atoms in total.